The summed E-state index contributed by atoms with van der Waals surface area (Å²) >= 11 is 0. The molecule has 3 rings (SSSR count). The normalized spacial score (nSPS) is 24.7. The SMILES string of the molecule is CC(=O)O[C@@H](C)[C@@H]1O[C@H](n2ccc(=O)[nH]c2=O)C[C@@H]1n1cncn1. The van der Waals surface area contributed by atoms with Crippen molar-refractivity contribution in [2.24, 2.45) is 0 Å². The lowest BCUT2D eigenvalue weighted by atomic mass is 10.1. The fourth-order valence-corrected chi connectivity index (χ4v) is 2.90. The van der Waals surface area contributed by atoms with Crippen molar-refractivity contribution in [1.82, 2.24) is 24.3 Å². The van der Waals surface area contributed by atoms with Crippen LogP contribution in [0.4, 0.5) is 0 Å². The minimum Gasteiger partial charge on any atom is -0.460 e. The van der Waals surface area contributed by atoms with Crippen molar-refractivity contribution in [1.29, 1.82) is 0 Å². The van der Waals surface area contributed by atoms with Gasteiger partial charge < -0.3 is 9.47 Å². The van der Waals surface area contributed by atoms with E-state index in [4.69, 9.17) is 9.47 Å². The van der Waals surface area contributed by atoms with E-state index < -0.39 is 35.7 Å². The third-order valence-electron chi connectivity index (χ3n) is 3.89. The zero-order valence-corrected chi connectivity index (χ0v) is 13.2. The molecule has 0 saturated carbocycles. The molecular weight excluding hydrogens is 318 g/mol. The Labute approximate surface area is 136 Å². The highest BCUT2D eigenvalue weighted by molar-refractivity contribution is 5.66. The van der Waals surface area contributed by atoms with Gasteiger partial charge in [-0.05, 0) is 6.92 Å². The fourth-order valence-electron chi connectivity index (χ4n) is 2.90. The number of nitrogens with one attached hydrogen (secondary N) is 1. The van der Waals surface area contributed by atoms with Crippen LogP contribution in [-0.4, -0.2) is 42.5 Å². The van der Waals surface area contributed by atoms with Gasteiger partial charge in [-0.1, -0.05) is 0 Å². The molecule has 0 aliphatic carbocycles. The minimum atomic E-state index is -0.619. The van der Waals surface area contributed by atoms with E-state index in [0.717, 1.165) is 0 Å². The highest BCUT2D eigenvalue weighted by atomic mass is 16.6. The fraction of sp³-hybridized carbons (Fsp3) is 0.500. The maximum absolute atomic E-state index is 12.0. The molecule has 0 spiro atoms. The van der Waals surface area contributed by atoms with E-state index in [9.17, 15) is 14.4 Å². The van der Waals surface area contributed by atoms with E-state index in [1.54, 1.807) is 17.9 Å². The molecule has 1 aliphatic rings. The van der Waals surface area contributed by atoms with Crippen molar-refractivity contribution in [3.8, 4) is 0 Å². The quantitative estimate of drug-likeness (QED) is 0.755. The number of hydrogen-bond donors (Lipinski definition) is 1. The number of hydrogen-bond acceptors (Lipinski definition) is 7. The number of esters is 1. The smallest absolute Gasteiger partial charge is 0.330 e. The molecule has 0 radical (unpaired) electrons. The lowest BCUT2D eigenvalue weighted by Crippen LogP contribution is -2.35. The second-order valence-electron chi connectivity index (χ2n) is 5.57. The summed E-state index contributed by atoms with van der Waals surface area (Å²) in [5.41, 5.74) is -1.04. The van der Waals surface area contributed by atoms with Crippen LogP contribution in [-0.2, 0) is 14.3 Å². The second-order valence-corrected chi connectivity index (χ2v) is 5.57. The average Bonchev–Trinajstić information content (AvgIpc) is 3.15. The maximum atomic E-state index is 12.0. The van der Waals surface area contributed by atoms with E-state index in [2.05, 4.69) is 15.1 Å². The first-order valence-electron chi connectivity index (χ1n) is 7.44. The first-order chi connectivity index (χ1) is 11.5. The molecule has 1 aliphatic heterocycles. The number of rotatable bonds is 4. The van der Waals surface area contributed by atoms with Crippen LogP contribution in [0.1, 0.15) is 32.5 Å². The Morgan fingerprint density at radius 2 is 2.29 bits per heavy atom. The number of H-pyrrole nitrogens is 1. The maximum Gasteiger partial charge on any atom is 0.330 e. The second kappa shape index (κ2) is 6.40. The van der Waals surface area contributed by atoms with Crippen LogP contribution in [0.15, 0.2) is 34.5 Å². The predicted molar refractivity (Wildman–Crippen MR) is 80.1 cm³/mol. The van der Waals surface area contributed by atoms with Gasteiger partial charge in [-0.2, -0.15) is 5.10 Å². The number of ether oxygens (including phenoxy) is 2. The van der Waals surface area contributed by atoms with Gasteiger partial charge in [0.25, 0.3) is 5.56 Å². The van der Waals surface area contributed by atoms with Crippen molar-refractivity contribution in [2.45, 2.75) is 44.7 Å². The number of nitrogens with zero attached hydrogens (tertiary/aromatic N) is 4. The number of aromatic amines is 1. The van der Waals surface area contributed by atoms with E-state index in [1.807, 2.05) is 0 Å². The van der Waals surface area contributed by atoms with Crippen LogP contribution in [0.25, 0.3) is 0 Å². The Hall–Kier alpha value is -2.75. The van der Waals surface area contributed by atoms with E-state index in [0.29, 0.717) is 6.42 Å². The van der Waals surface area contributed by atoms with Gasteiger partial charge in [0.2, 0.25) is 0 Å². The molecular formula is C14H17N5O5. The summed E-state index contributed by atoms with van der Waals surface area (Å²) < 4.78 is 14.1. The highest BCUT2D eigenvalue weighted by Crippen LogP contribution is 2.37. The summed E-state index contributed by atoms with van der Waals surface area (Å²) in [5.74, 6) is -0.423. The zero-order chi connectivity index (χ0) is 17.3. The van der Waals surface area contributed by atoms with Crippen molar-refractivity contribution < 1.29 is 14.3 Å². The molecule has 1 saturated heterocycles. The molecule has 10 nitrogen and oxygen atoms in total. The van der Waals surface area contributed by atoms with Crippen LogP contribution >= 0.6 is 0 Å². The standard InChI is InChI=1S/C14H17N5O5/c1-8(23-9(2)20)13-10(19-7-15-6-16-19)5-12(24-13)18-4-3-11(21)17-14(18)22/h3-4,6-8,10,12-13H,5H2,1-2H3,(H,17,21,22)/t8-,10-,12-,13-/m0/s1. The summed E-state index contributed by atoms with van der Waals surface area (Å²) in [4.78, 5) is 40.5. The largest absolute Gasteiger partial charge is 0.460 e. The number of carbonyl (C=O) groups is 1. The van der Waals surface area contributed by atoms with Crippen molar-refractivity contribution >= 4 is 5.97 Å². The van der Waals surface area contributed by atoms with Crippen molar-refractivity contribution in [3.63, 3.8) is 0 Å². The molecule has 2 aromatic rings. The van der Waals surface area contributed by atoms with Gasteiger partial charge in [-0.25, -0.2) is 14.5 Å². The lowest BCUT2D eigenvalue weighted by Gasteiger charge is -2.24. The predicted octanol–water partition coefficient (Wildman–Crippen LogP) is -0.391. The van der Waals surface area contributed by atoms with Gasteiger partial charge in [-0.15, -0.1) is 0 Å². The van der Waals surface area contributed by atoms with Gasteiger partial charge in [-0.3, -0.25) is 19.1 Å². The first-order valence-corrected chi connectivity index (χ1v) is 7.44. The van der Waals surface area contributed by atoms with Crippen LogP contribution in [0.3, 0.4) is 0 Å². The summed E-state index contributed by atoms with van der Waals surface area (Å²) in [6.45, 7) is 3.04. The molecule has 0 aromatic carbocycles. The van der Waals surface area contributed by atoms with Gasteiger partial charge >= 0.3 is 11.7 Å². The molecule has 0 amide bonds. The molecule has 24 heavy (non-hydrogen) atoms. The van der Waals surface area contributed by atoms with Gasteiger partial charge in [0, 0.05) is 25.6 Å². The molecule has 1 N–H and O–H groups in total. The van der Waals surface area contributed by atoms with E-state index in [-0.39, 0.29) is 6.04 Å². The van der Waals surface area contributed by atoms with Gasteiger partial charge in [0.15, 0.2) is 0 Å². The molecule has 10 heteroatoms. The summed E-state index contributed by atoms with van der Waals surface area (Å²) in [7, 11) is 0. The molecule has 2 aromatic heterocycles. The Kier molecular flexibility index (Phi) is 4.30. The zero-order valence-electron chi connectivity index (χ0n) is 13.2. The first kappa shape index (κ1) is 16.1. The lowest BCUT2D eigenvalue weighted by molar-refractivity contribution is -0.155. The van der Waals surface area contributed by atoms with Crippen LogP contribution < -0.4 is 11.2 Å². The Morgan fingerprint density at radius 1 is 1.50 bits per heavy atom. The van der Waals surface area contributed by atoms with Crippen molar-refractivity contribution in [3.05, 3.63) is 45.8 Å². The third-order valence-corrected chi connectivity index (χ3v) is 3.89. The molecule has 3 heterocycles. The third kappa shape index (κ3) is 3.13. The summed E-state index contributed by atoms with van der Waals surface area (Å²) in [6.07, 6.45) is 3.05. The Bertz CT molecular complexity index is 827. The summed E-state index contributed by atoms with van der Waals surface area (Å²) in [6, 6.07) is 0.976. The van der Waals surface area contributed by atoms with Crippen LogP contribution in [0.5, 0.6) is 0 Å². The molecule has 1 fully saturated rings. The van der Waals surface area contributed by atoms with Crippen LogP contribution in [0.2, 0.25) is 0 Å². The topological polar surface area (TPSA) is 121 Å². The number of carbonyl (C=O) groups excluding carboxylic acids is 1. The average molecular weight is 335 g/mol. The summed E-state index contributed by atoms with van der Waals surface area (Å²) in [5, 5.41) is 4.11. The molecule has 0 bridgehead atoms. The van der Waals surface area contributed by atoms with Gasteiger partial charge in [0.1, 0.15) is 31.1 Å². The number of aromatic nitrogens is 5. The van der Waals surface area contributed by atoms with Crippen LogP contribution in [0, 0.1) is 0 Å². The van der Waals surface area contributed by atoms with E-state index in [1.165, 1.54) is 30.1 Å². The molecule has 0 unspecified atom stereocenters. The van der Waals surface area contributed by atoms with Gasteiger partial charge in [0.05, 0.1) is 6.04 Å². The monoisotopic (exact) mass is 335 g/mol. The van der Waals surface area contributed by atoms with Crippen molar-refractivity contribution in [2.75, 3.05) is 0 Å². The highest BCUT2D eigenvalue weighted by Gasteiger charge is 2.42. The molecule has 4 atom stereocenters. The Balaban J connectivity index is 1.91. The van der Waals surface area contributed by atoms with E-state index >= 15 is 0 Å². The minimum absolute atomic E-state index is 0.273. The Morgan fingerprint density at radius 3 is 2.92 bits per heavy atom. The molecule has 128 valence electrons.